The molecule has 0 atom stereocenters. The largest absolute Gasteiger partial charge is 0.380 e. The van der Waals surface area contributed by atoms with Crippen LogP contribution < -0.4 is 0 Å². The molecule has 0 radical (unpaired) electrons. The van der Waals surface area contributed by atoms with Gasteiger partial charge in [0.1, 0.15) is 5.94 Å². The Labute approximate surface area is 80.2 Å². The molecule has 1 rings (SSSR count). The summed E-state index contributed by atoms with van der Waals surface area (Å²) in [7, 11) is -3.56. The summed E-state index contributed by atoms with van der Waals surface area (Å²) in [4.78, 5) is 0.0694. The van der Waals surface area contributed by atoms with Gasteiger partial charge in [0.15, 0.2) is 9.84 Å². The first-order valence-corrected chi connectivity index (χ1v) is 5.46. The van der Waals surface area contributed by atoms with Gasteiger partial charge in [-0.25, -0.2) is 8.42 Å². The Balaban J connectivity index is 2.95. The van der Waals surface area contributed by atoms with E-state index in [2.05, 4.69) is 0 Å². The fourth-order valence-electron chi connectivity index (χ4n) is 0.791. The molecule has 3 nitrogen and oxygen atoms in total. The number of sulfone groups is 1. The van der Waals surface area contributed by atoms with Crippen LogP contribution >= 0.6 is 23.2 Å². The van der Waals surface area contributed by atoms with Gasteiger partial charge < -0.3 is 5.11 Å². The Morgan fingerprint density at radius 2 is 2.08 bits per heavy atom. The normalized spacial score (nSPS) is 18.4. The monoisotopic (exact) mass is 228 g/mol. The van der Waals surface area contributed by atoms with Gasteiger partial charge >= 0.3 is 0 Å². The van der Waals surface area contributed by atoms with Gasteiger partial charge in [-0.15, -0.1) is 0 Å². The predicted octanol–water partition coefficient (Wildman–Crippen LogP) is 1.33. The molecule has 0 bridgehead atoms. The number of aliphatic hydroxyl groups is 1. The van der Waals surface area contributed by atoms with Crippen LogP contribution in [0.25, 0.3) is 0 Å². The summed E-state index contributed by atoms with van der Waals surface area (Å²) in [5.41, 5.74) is 0. The Morgan fingerprint density at radius 3 is 2.42 bits per heavy atom. The fraction of sp³-hybridized carbons (Fsp3) is 0.333. The zero-order valence-electron chi connectivity index (χ0n) is 5.92. The van der Waals surface area contributed by atoms with Crippen molar-refractivity contribution < 1.29 is 13.5 Å². The molecule has 1 N–H and O–H groups in total. The van der Waals surface area contributed by atoms with Crippen molar-refractivity contribution in [3.8, 4) is 0 Å². The first-order valence-electron chi connectivity index (χ1n) is 3.05. The highest BCUT2D eigenvalue weighted by molar-refractivity contribution is 7.95. The average molecular weight is 229 g/mol. The lowest BCUT2D eigenvalue weighted by Gasteiger charge is -1.99. The van der Waals surface area contributed by atoms with E-state index in [-0.39, 0.29) is 16.4 Å². The standard InChI is InChI=1S/C6H6Cl2O3S/c7-5-1-4(2-6(5)8)12(10,11)3-9/h1,9H,2-3H2. The first-order chi connectivity index (χ1) is 5.47. The van der Waals surface area contributed by atoms with Crippen molar-refractivity contribution in [3.05, 3.63) is 21.0 Å². The Hall–Kier alpha value is -0.0300. The summed E-state index contributed by atoms with van der Waals surface area (Å²) < 4.78 is 22.1. The van der Waals surface area contributed by atoms with Gasteiger partial charge in [-0.3, -0.25) is 0 Å². The maximum Gasteiger partial charge on any atom is 0.198 e. The van der Waals surface area contributed by atoms with Gasteiger partial charge in [0.25, 0.3) is 0 Å². The topological polar surface area (TPSA) is 54.4 Å². The number of halogens is 2. The second-order valence-corrected chi connectivity index (χ2v) is 5.16. The molecular formula is C6H6Cl2O3S. The molecule has 1 aliphatic carbocycles. The van der Waals surface area contributed by atoms with Crippen molar-refractivity contribution in [2.45, 2.75) is 6.42 Å². The van der Waals surface area contributed by atoms with Crippen LogP contribution in [0.15, 0.2) is 21.0 Å². The minimum Gasteiger partial charge on any atom is -0.380 e. The van der Waals surface area contributed by atoms with E-state index in [0.29, 0.717) is 5.03 Å². The molecule has 0 aromatic heterocycles. The van der Waals surface area contributed by atoms with Gasteiger partial charge in [-0.05, 0) is 6.08 Å². The minimum absolute atomic E-state index is 0.0694. The van der Waals surface area contributed by atoms with E-state index in [1.165, 1.54) is 6.08 Å². The second-order valence-electron chi connectivity index (χ2n) is 2.28. The molecule has 0 unspecified atom stereocenters. The SMILES string of the molecule is O=S(=O)(CO)C1=CC(Cl)=C(Cl)C1. The van der Waals surface area contributed by atoms with Crippen molar-refractivity contribution >= 4 is 33.0 Å². The van der Waals surface area contributed by atoms with Gasteiger partial charge in [-0.2, -0.15) is 0 Å². The second kappa shape index (κ2) is 3.38. The summed E-state index contributed by atoms with van der Waals surface area (Å²) in [6.07, 6.45) is 1.35. The molecule has 0 fully saturated rings. The smallest absolute Gasteiger partial charge is 0.198 e. The van der Waals surface area contributed by atoms with Crippen LogP contribution in [0.5, 0.6) is 0 Å². The molecule has 1 aliphatic rings. The molecule has 0 spiro atoms. The van der Waals surface area contributed by atoms with Gasteiger partial charge in [0.2, 0.25) is 0 Å². The van der Waals surface area contributed by atoms with E-state index in [1.807, 2.05) is 0 Å². The molecular weight excluding hydrogens is 223 g/mol. The highest BCUT2D eigenvalue weighted by Gasteiger charge is 2.23. The molecule has 12 heavy (non-hydrogen) atoms. The summed E-state index contributed by atoms with van der Waals surface area (Å²) in [6.45, 7) is 0. The van der Waals surface area contributed by atoms with Gasteiger partial charge in [0, 0.05) is 11.5 Å². The number of rotatable bonds is 2. The van der Waals surface area contributed by atoms with Crippen LogP contribution in [-0.2, 0) is 9.84 Å². The van der Waals surface area contributed by atoms with E-state index in [1.54, 1.807) is 0 Å². The molecule has 68 valence electrons. The van der Waals surface area contributed by atoms with E-state index >= 15 is 0 Å². The Bertz CT molecular complexity index is 353. The molecule has 0 aliphatic heterocycles. The Kier molecular flexibility index (Phi) is 2.83. The molecule has 0 amide bonds. The van der Waals surface area contributed by atoms with E-state index < -0.39 is 15.8 Å². The number of hydrogen-bond donors (Lipinski definition) is 1. The maximum atomic E-state index is 11.0. The lowest BCUT2D eigenvalue weighted by Crippen LogP contribution is -2.07. The lowest BCUT2D eigenvalue weighted by atomic mass is 10.5. The quantitative estimate of drug-likeness (QED) is 0.777. The van der Waals surface area contributed by atoms with Crippen LogP contribution in [0, 0.1) is 0 Å². The van der Waals surface area contributed by atoms with Gasteiger partial charge in [-0.1, -0.05) is 23.2 Å². The maximum absolute atomic E-state index is 11.0. The molecule has 0 aromatic rings. The van der Waals surface area contributed by atoms with E-state index in [0.717, 1.165) is 0 Å². The van der Waals surface area contributed by atoms with Crippen molar-refractivity contribution in [1.82, 2.24) is 0 Å². The Morgan fingerprint density at radius 1 is 1.50 bits per heavy atom. The third-order valence-electron chi connectivity index (χ3n) is 1.45. The first kappa shape index (κ1) is 10.1. The predicted molar refractivity (Wildman–Crippen MR) is 47.4 cm³/mol. The third-order valence-corrected chi connectivity index (χ3v) is 3.62. The van der Waals surface area contributed by atoms with Crippen LogP contribution in [0.2, 0.25) is 0 Å². The fourth-order valence-corrected chi connectivity index (χ4v) is 2.16. The third kappa shape index (κ3) is 1.82. The zero-order chi connectivity index (χ0) is 9.35. The number of aliphatic hydroxyl groups excluding tert-OH is 1. The summed E-state index contributed by atoms with van der Waals surface area (Å²) in [5.74, 6) is -0.910. The van der Waals surface area contributed by atoms with Crippen LogP contribution in [0.3, 0.4) is 0 Å². The lowest BCUT2D eigenvalue weighted by molar-refractivity contribution is 0.360. The van der Waals surface area contributed by atoms with Crippen molar-refractivity contribution in [2.24, 2.45) is 0 Å². The molecule has 0 saturated carbocycles. The summed E-state index contributed by atoms with van der Waals surface area (Å²) in [6, 6.07) is 0. The molecule has 0 heterocycles. The van der Waals surface area contributed by atoms with E-state index in [9.17, 15) is 8.42 Å². The van der Waals surface area contributed by atoms with Crippen LogP contribution in [0.1, 0.15) is 6.42 Å². The zero-order valence-corrected chi connectivity index (χ0v) is 8.25. The molecule has 0 saturated heterocycles. The summed E-state index contributed by atoms with van der Waals surface area (Å²) in [5, 5.41) is 9.01. The van der Waals surface area contributed by atoms with Gasteiger partial charge in [0.05, 0.1) is 9.94 Å². The van der Waals surface area contributed by atoms with Crippen molar-refractivity contribution in [2.75, 3.05) is 5.94 Å². The van der Waals surface area contributed by atoms with Crippen molar-refractivity contribution in [3.63, 3.8) is 0 Å². The van der Waals surface area contributed by atoms with Crippen molar-refractivity contribution in [1.29, 1.82) is 0 Å². The highest BCUT2D eigenvalue weighted by atomic mass is 35.5. The highest BCUT2D eigenvalue weighted by Crippen LogP contribution is 2.33. The molecule has 6 heteroatoms. The number of hydrogen-bond acceptors (Lipinski definition) is 3. The van der Waals surface area contributed by atoms with E-state index in [4.69, 9.17) is 28.3 Å². The summed E-state index contributed by atoms with van der Waals surface area (Å²) >= 11 is 11.1. The van der Waals surface area contributed by atoms with Crippen LogP contribution in [-0.4, -0.2) is 19.5 Å². The minimum atomic E-state index is -3.56. The molecule has 0 aromatic carbocycles. The van der Waals surface area contributed by atoms with Crippen LogP contribution in [0.4, 0.5) is 0 Å². The number of allylic oxidation sites excluding steroid dienone is 4. The average Bonchev–Trinajstić information content (AvgIpc) is 2.33.